The average molecular weight is 389 g/mol. The van der Waals surface area contributed by atoms with Gasteiger partial charge in [-0.15, -0.1) is 0 Å². The lowest BCUT2D eigenvalue weighted by Gasteiger charge is -2.33. The van der Waals surface area contributed by atoms with Crippen LogP contribution in [-0.4, -0.2) is 56.6 Å². The number of nitrogens with zero attached hydrogens (tertiary/aromatic N) is 1. The van der Waals surface area contributed by atoms with Gasteiger partial charge in [0.15, 0.2) is 6.61 Å². The Morgan fingerprint density at radius 2 is 2.14 bits per heavy atom. The summed E-state index contributed by atoms with van der Waals surface area (Å²) < 4.78 is 9.53. The zero-order valence-corrected chi connectivity index (χ0v) is 15.7. The molecule has 0 radical (unpaired) electrons. The fourth-order valence-electron chi connectivity index (χ4n) is 3.39. The summed E-state index contributed by atoms with van der Waals surface area (Å²) in [6, 6.07) is 4.84. The minimum atomic E-state index is -0.648. The number of anilines is 2. The molecule has 2 aliphatic rings. The van der Waals surface area contributed by atoms with Gasteiger partial charge in [-0.25, -0.2) is 4.79 Å². The topological polar surface area (TPSA) is 114 Å². The van der Waals surface area contributed by atoms with Gasteiger partial charge in [0.25, 0.3) is 5.91 Å². The van der Waals surface area contributed by atoms with E-state index in [1.165, 1.54) is 7.11 Å². The van der Waals surface area contributed by atoms with Gasteiger partial charge in [0.2, 0.25) is 5.91 Å². The zero-order valence-electron chi connectivity index (χ0n) is 15.7. The second-order valence-corrected chi connectivity index (χ2v) is 6.68. The molecule has 9 heteroatoms. The van der Waals surface area contributed by atoms with Gasteiger partial charge in [0.1, 0.15) is 6.04 Å². The molecule has 0 saturated carbocycles. The van der Waals surface area contributed by atoms with Gasteiger partial charge in [-0.3, -0.25) is 14.4 Å². The number of methoxy groups -OCH3 is 1. The van der Waals surface area contributed by atoms with E-state index in [-0.39, 0.29) is 36.4 Å². The average Bonchev–Trinajstić information content (AvgIpc) is 3.19. The molecular formula is C19H23N3O6. The van der Waals surface area contributed by atoms with Gasteiger partial charge in [-0.05, 0) is 37.5 Å². The molecule has 1 aromatic carbocycles. The number of ether oxygens (including phenoxy) is 2. The molecule has 1 fully saturated rings. The highest BCUT2D eigenvalue weighted by Gasteiger charge is 2.36. The van der Waals surface area contributed by atoms with Crippen molar-refractivity contribution in [2.75, 3.05) is 37.0 Å². The molecule has 0 spiro atoms. The van der Waals surface area contributed by atoms with Crippen LogP contribution >= 0.6 is 0 Å². The normalized spacial score (nSPS) is 17.2. The number of amides is 2. The number of rotatable bonds is 7. The molecule has 2 N–H and O–H groups in total. The van der Waals surface area contributed by atoms with Crippen LogP contribution < -0.4 is 15.5 Å². The van der Waals surface area contributed by atoms with E-state index in [2.05, 4.69) is 15.4 Å². The largest absolute Gasteiger partial charge is 0.469 e. The van der Waals surface area contributed by atoms with Crippen LogP contribution in [0.25, 0.3) is 0 Å². The number of carbonyl (C=O) groups is 4. The third-order valence-corrected chi connectivity index (χ3v) is 4.80. The second kappa shape index (κ2) is 8.73. The molecule has 3 rings (SSSR count). The van der Waals surface area contributed by atoms with Crippen LogP contribution in [0.1, 0.15) is 36.0 Å². The van der Waals surface area contributed by atoms with Crippen molar-refractivity contribution in [2.45, 2.75) is 31.7 Å². The molecule has 1 saturated heterocycles. The maximum Gasteiger partial charge on any atom is 0.338 e. The van der Waals surface area contributed by atoms with Gasteiger partial charge in [-0.2, -0.15) is 0 Å². The van der Waals surface area contributed by atoms with E-state index < -0.39 is 18.5 Å². The summed E-state index contributed by atoms with van der Waals surface area (Å²) in [5.41, 5.74) is 1.72. The molecule has 150 valence electrons. The first-order valence-electron chi connectivity index (χ1n) is 9.22. The molecule has 1 aromatic rings. The summed E-state index contributed by atoms with van der Waals surface area (Å²) in [5.74, 6) is -1.52. The summed E-state index contributed by atoms with van der Waals surface area (Å²) in [6.07, 6.45) is 2.42. The monoisotopic (exact) mass is 389 g/mol. The molecule has 0 unspecified atom stereocenters. The fraction of sp³-hybridized carbons (Fsp3) is 0.474. The third kappa shape index (κ3) is 4.41. The number of benzene rings is 1. The molecule has 0 aliphatic carbocycles. The SMILES string of the molecule is COC(=O)CCCNC(=O)COC(=O)c1ccc2c(c1)NC(=O)[C@H]1CCCN21. The molecule has 2 amide bonds. The Hall–Kier alpha value is -3.10. The van der Waals surface area contributed by atoms with E-state index in [9.17, 15) is 19.2 Å². The van der Waals surface area contributed by atoms with Crippen LogP contribution in [0.2, 0.25) is 0 Å². The van der Waals surface area contributed by atoms with Gasteiger partial charge >= 0.3 is 11.9 Å². The highest BCUT2D eigenvalue weighted by Crippen LogP contribution is 2.37. The zero-order chi connectivity index (χ0) is 20.1. The highest BCUT2D eigenvalue weighted by atomic mass is 16.5. The first-order valence-corrected chi connectivity index (χ1v) is 9.22. The Morgan fingerprint density at radius 1 is 1.32 bits per heavy atom. The van der Waals surface area contributed by atoms with Crippen LogP contribution in [0, 0.1) is 0 Å². The first-order chi connectivity index (χ1) is 13.5. The summed E-state index contributed by atoms with van der Waals surface area (Å²) in [5, 5.41) is 5.40. The van der Waals surface area contributed by atoms with E-state index in [0.717, 1.165) is 25.1 Å². The summed E-state index contributed by atoms with van der Waals surface area (Å²) in [6.45, 7) is 0.674. The summed E-state index contributed by atoms with van der Waals surface area (Å²) >= 11 is 0. The summed E-state index contributed by atoms with van der Waals surface area (Å²) in [7, 11) is 1.30. The van der Waals surface area contributed by atoms with Gasteiger partial charge < -0.3 is 25.0 Å². The maximum absolute atomic E-state index is 12.2. The molecular weight excluding hydrogens is 366 g/mol. The predicted molar refractivity (Wildman–Crippen MR) is 100.0 cm³/mol. The van der Waals surface area contributed by atoms with Crippen molar-refractivity contribution in [3.05, 3.63) is 23.8 Å². The van der Waals surface area contributed by atoms with E-state index in [1.807, 2.05) is 4.90 Å². The number of carbonyl (C=O) groups excluding carboxylic acids is 4. The molecule has 0 aromatic heterocycles. The third-order valence-electron chi connectivity index (χ3n) is 4.80. The van der Waals surface area contributed by atoms with Gasteiger partial charge in [0.05, 0.1) is 24.0 Å². The fourth-order valence-corrected chi connectivity index (χ4v) is 3.39. The number of esters is 2. The van der Waals surface area contributed by atoms with E-state index in [0.29, 0.717) is 12.1 Å². The number of hydrogen-bond acceptors (Lipinski definition) is 7. The van der Waals surface area contributed by atoms with E-state index in [4.69, 9.17) is 4.74 Å². The van der Waals surface area contributed by atoms with Gasteiger partial charge in [0, 0.05) is 19.5 Å². The molecule has 28 heavy (non-hydrogen) atoms. The number of fused-ring (bicyclic) bond motifs is 3. The van der Waals surface area contributed by atoms with Crippen LogP contribution in [0.3, 0.4) is 0 Å². The van der Waals surface area contributed by atoms with Crippen LogP contribution in [-0.2, 0) is 23.9 Å². The van der Waals surface area contributed by atoms with Crippen molar-refractivity contribution in [1.82, 2.24) is 5.32 Å². The maximum atomic E-state index is 12.2. The predicted octanol–water partition coefficient (Wildman–Crippen LogP) is 0.834. The minimum Gasteiger partial charge on any atom is -0.469 e. The van der Waals surface area contributed by atoms with E-state index in [1.54, 1.807) is 18.2 Å². The number of nitrogens with one attached hydrogen (secondary N) is 2. The van der Waals surface area contributed by atoms with Crippen molar-refractivity contribution in [3.63, 3.8) is 0 Å². The Kier molecular flexibility index (Phi) is 6.13. The van der Waals surface area contributed by atoms with Crippen molar-refractivity contribution in [2.24, 2.45) is 0 Å². The Bertz CT molecular complexity index is 794. The molecule has 9 nitrogen and oxygen atoms in total. The first kappa shape index (κ1) is 19.7. The highest BCUT2D eigenvalue weighted by molar-refractivity contribution is 6.05. The number of hydrogen-bond donors (Lipinski definition) is 2. The Balaban J connectivity index is 1.50. The molecule has 2 aliphatic heterocycles. The van der Waals surface area contributed by atoms with Crippen LogP contribution in [0.15, 0.2) is 18.2 Å². The van der Waals surface area contributed by atoms with Crippen molar-refractivity contribution >= 4 is 35.1 Å². The lowest BCUT2D eigenvalue weighted by molar-refractivity contribution is -0.140. The summed E-state index contributed by atoms with van der Waals surface area (Å²) in [4.78, 5) is 49.1. The van der Waals surface area contributed by atoms with Crippen molar-refractivity contribution in [3.8, 4) is 0 Å². The van der Waals surface area contributed by atoms with Crippen LogP contribution in [0.4, 0.5) is 11.4 Å². The molecule has 1 atom stereocenters. The molecule has 2 heterocycles. The van der Waals surface area contributed by atoms with E-state index >= 15 is 0 Å². The lowest BCUT2D eigenvalue weighted by atomic mass is 10.1. The Labute approximate surface area is 162 Å². The smallest absolute Gasteiger partial charge is 0.338 e. The molecule has 0 bridgehead atoms. The second-order valence-electron chi connectivity index (χ2n) is 6.68. The van der Waals surface area contributed by atoms with Crippen molar-refractivity contribution in [1.29, 1.82) is 0 Å². The van der Waals surface area contributed by atoms with Crippen molar-refractivity contribution < 1.29 is 28.7 Å². The van der Waals surface area contributed by atoms with Gasteiger partial charge in [-0.1, -0.05) is 0 Å². The Morgan fingerprint density at radius 3 is 2.93 bits per heavy atom. The quantitative estimate of drug-likeness (QED) is 0.524. The minimum absolute atomic E-state index is 0.0677. The standard InChI is InChI=1S/C19H23N3O6/c1-27-17(24)5-2-8-20-16(23)11-28-19(26)12-6-7-14-13(10-12)21-18(25)15-4-3-9-22(14)15/h6-7,10,15H,2-5,8-9,11H2,1H3,(H,20,23)(H,21,25)/t15-/m1/s1. The lowest BCUT2D eigenvalue weighted by Crippen LogP contribution is -2.43. The van der Waals surface area contributed by atoms with Crippen LogP contribution in [0.5, 0.6) is 0 Å².